The summed E-state index contributed by atoms with van der Waals surface area (Å²) in [5.41, 5.74) is 4.44. The molecule has 0 bridgehead atoms. The Hall–Kier alpha value is -3.25. The number of aromatic nitrogens is 3. The van der Waals surface area contributed by atoms with Gasteiger partial charge in [0.15, 0.2) is 0 Å². The van der Waals surface area contributed by atoms with Gasteiger partial charge in [0, 0.05) is 35.9 Å². The molecule has 0 atom stereocenters. The second kappa shape index (κ2) is 8.24. The molecule has 6 heteroatoms. The molecule has 5 rings (SSSR count). The summed E-state index contributed by atoms with van der Waals surface area (Å²) in [5.74, 6) is 2.36. The number of carbonyl (C=O) groups is 1. The van der Waals surface area contributed by atoms with Crippen LogP contribution in [0, 0.1) is 0 Å². The molecule has 150 valence electrons. The van der Waals surface area contributed by atoms with Gasteiger partial charge in [-0.3, -0.25) is 4.79 Å². The van der Waals surface area contributed by atoms with Crippen LogP contribution < -0.4 is 4.90 Å². The maximum atomic E-state index is 12.8. The fourth-order valence-corrected chi connectivity index (χ4v) is 4.77. The van der Waals surface area contributed by atoms with Crippen molar-refractivity contribution < 1.29 is 4.79 Å². The minimum Gasteiger partial charge on any atom is -0.311 e. The Morgan fingerprint density at radius 1 is 0.967 bits per heavy atom. The van der Waals surface area contributed by atoms with Gasteiger partial charge in [0.05, 0.1) is 17.6 Å². The normalized spacial score (nSPS) is 12.9. The highest BCUT2D eigenvalue weighted by Crippen LogP contribution is 2.29. The maximum absolute atomic E-state index is 12.8. The number of nitrogens with zero attached hydrogens (tertiary/aromatic N) is 4. The molecule has 2 aromatic heterocycles. The lowest BCUT2D eigenvalue weighted by atomic mass is 10.2. The molecule has 0 saturated carbocycles. The van der Waals surface area contributed by atoms with E-state index >= 15 is 0 Å². The number of hydrogen-bond acceptors (Lipinski definition) is 3. The molecule has 0 aliphatic carbocycles. The monoisotopic (exact) mass is 414 g/mol. The first-order valence-electron chi connectivity index (χ1n) is 10.0. The number of amides is 1. The first kappa shape index (κ1) is 18.8. The van der Waals surface area contributed by atoms with E-state index in [9.17, 15) is 4.79 Å². The summed E-state index contributed by atoms with van der Waals surface area (Å²) in [6.07, 6.45) is 6.90. The predicted molar refractivity (Wildman–Crippen MR) is 122 cm³/mol. The Morgan fingerprint density at radius 3 is 2.57 bits per heavy atom. The van der Waals surface area contributed by atoms with Gasteiger partial charge in [-0.05, 0) is 42.3 Å². The molecule has 5 nitrogen and oxygen atoms in total. The Kier molecular flexibility index (Phi) is 5.15. The van der Waals surface area contributed by atoms with E-state index in [0.29, 0.717) is 5.75 Å². The number of para-hydroxylation sites is 2. The van der Waals surface area contributed by atoms with Gasteiger partial charge >= 0.3 is 0 Å². The third-order valence-electron chi connectivity index (χ3n) is 5.34. The number of carbonyl (C=O) groups excluding carboxylic acids is 1. The van der Waals surface area contributed by atoms with E-state index < -0.39 is 0 Å². The van der Waals surface area contributed by atoms with Gasteiger partial charge in [-0.15, -0.1) is 11.8 Å². The molecule has 4 aromatic rings. The van der Waals surface area contributed by atoms with Crippen molar-refractivity contribution >= 4 is 23.4 Å². The average Bonchev–Trinajstić information content (AvgIpc) is 3.53. The molecule has 2 aromatic carbocycles. The molecule has 30 heavy (non-hydrogen) atoms. The maximum Gasteiger partial charge on any atom is 0.237 e. The third kappa shape index (κ3) is 3.55. The molecule has 1 aliphatic rings. The molecule has 0 radical (unpaired) electrons. The van der Waals surface area contributed by atoms with Crippen molar-refractivity contribution in [1.29, 1.82) is 0 Å². The van der Waals surface area contributed by atoms with Crippen LogP contribution in [0.4, 0.5) is 5.69 Å². The third-order valence-corrected chi connectivity index (χ3v) is 6.30. The number of rotatable bonds is 6. The highest BCUT2D eigenvalue weighted by atomic mass is 32.2. The lowest BCUT2D eigenvalue weighted by molar-refractivity contribution is -0.116. The van der Waals surface area contributed by atoms with E-state index in [0.717, 1.165) is 41.5 Å². The average molecular weight is 415 g/mol. The van der Waals surface area contributed by atoms with Crippen LogP contribution in [0.1, 0.15) is 11.1 Å². The molecule has 0 spiro atoms. The molecule has 1 aliphatic heterocycles. The first-order chi connectivity index (χ1) is 14.8. The number of anilines is 1. The lowest BCUT2D eigenvalue weighted by Crippen LogP contribution is -2.30. The van der Waals surface area contributed by atoms with Crippen molar-refractivity contribution in [1.82, 2.24) is 14.3 Å². The van der Waals surface area contributed by atoms with Gasteiger partial charge in [-0.1, -0.05) is 36.4 Å². The highest BCUT2D eigenvalue weighted by Gasteiger charge is 2.24. The fraction of sp³-hybridized carbons (Fsp3) is 0.167. The minimum absolute atomic E-state index is 0.169. The SMILES string of the molecule is O=C(CSCc1cnn(-c2ccccc2)c1-n1cccc1)N1CCc2ccccc21. The van der Waals surface area contributed by atoms with Gasteiger partial charge in [0.1, 0.15) is 5.82 Å². The molecular weight excluding hydrogens is 392 g/mol. The van der Waals surface area contributed by atoms with Gasteiger partial charge in [-0.25, -0.2) is 4.68 Å². The van der Waals surface area contributed by atoms with Gasteiger partial charge in [0.25, 0.3) is 0 Å². The zero-order valence-electron chi connectivity index (χ0n) is 16.5. The number of hydrogen-bond donors (Lipinski definition) is 0. The lowest BCUT2D eigenvalue weighted by Gasteiger charge is -2.17. The molecule has 0 unspecified atom stereocenters. The van der Waals surface area contributed by atoms with Crippen molar-refractivity contribution in [3.63, 3.8) is 0 Å². The summed E-state index contributed by atoms with van der Waals surface area (Å²) in [6.45, 7) is 0.777. The number of thioether (sulfide) groups is 1. The van der Waals surface area contributed by atoms with Crippen LogP contribution in [0.3, 0.4) is 0 Å². The van der Waals surface area contributed by atoms with E-state index in [1.165, 1.54) is 5.56 Å². The van der Waals surface area contributed by atoms with Crippen molar-refractivity contribution in [2.45, 2.75) is 12.2 Å². The molecule has 3 heterocycles. The fourth-order valence-electron chi connectivity index (χ4n) is 3.91. The summed E-state index contributed by atoms with van der Waals surface area (Å²) >= 11 is 1.64. The smallest absolute Gasteiger partial charge is 0.237 e. The second-order valence-electron chi connectivity index (χ2n) is 7.25. The van der Waals surface area contributed by atoms with E-state index in [-0.39, 0.29) is 5.91 Å². The highest BCUT2D eigenvalue weighted by molar-refractivity contribution is 7.99. The summed E-state index contributed by atoms with van der Waals surface area (Å²) in [4.78, 5) is 14.7. The Labute approximate surface area is 179 Å². The summed E-state index contributed by atoms with van der Waals surface area (Å²) in [7, 11) is 0. The first-order valence-corrected chi connectivity index (χ1v) is 11.2. The van der Waals surface area contributed by atoms with Crippen molar-refractivity contribution in [2.75, 3.05) is 17.2 Å². The van der Waals surface area contributed by atoms with E-state index in [4.69, 9.17) is 0 Å². The van der Waals surface area contributed by atoms with Crippen LogP contribution in [0.5, 0.6) is 0 Å². The van der Waals surface area contributed by atoms with Crippen molar-refractivity contribution in [3.05, 3.63) is 96.4 Å². The van der Waals surface area contributed by atoms with Gasteiger partial charge < -0.3 is 9.47 Å². The quantitative estimate of drug-likeness (QED) is 0.467. The van der Waals surface area contributed by atoms with Gasteiger partial charge in [0.2, 0.25) is 5.91 Å². The summed E-state index contributed by atoms with van der Waals surface area (Å²) < 4.78 is 4.03. The standard InChI is InChI=1S/C24H22N4OS/c29-23(27-15-12-19-8-4-5-11-22(19)27)18-30-17-20-16-25-28(21-9-2-1-3-10-21)24(20)26-13-6-7-14-26/h1-11,13-14,16H,12,15,17-18H2. The van der Waals surface area contributed by atoms with Crippen LogP contribution >= 0.6 is 11.8 Å². The summed E-state index contributed by atoms with van der Waals surface area (Å²) in [6, 6.07) is 22.3. The van der Waals surface area contributed by atoms with Crippen LogP contribution in [0.25, 0.3) is 11.5 Å². The van der Waals surface area contributed by atoms with E-state index in [1.807, 2.05) is 88.8 Å². The van der Waals surface area contributed by atoms with E-state index in [1.54, 1.807) is 11.8 Å². The zero-order valence-corrected chi connectivity index (χ0v) is 17.3. The second-order valence-corrected chi connectivity index (χ2v) is 8.23. The number of fused-ring (bicyclic) bond motifs is 1. The predicted octanol–water partition coefficient (Wildman–Crippen LogP) is 4.49. The molecule has 0 saturated heterocycles. The topological polar surface area (TPSA) is 43.1 Å². The molecule has 1 amide bonds. The van der Waals surface area contributed by atoms with Crippen LogP contribution in [0.15, 0.2) is 85.3 Å². The largest absolute Gasteiger partial charge is 0.311 e. The molecule has 0 fully saturated rings. The van der Waals surface area contributed by atoms with Gasteiger partial charge in [-0.2, -0.15) is 5.10 Å². The Morgan fingerprint density at radius 2 is 1.73 bits per heavy atom. The zero-order chi connectivity index (χ0) is 20.3. The number of benzene rings is 2. The van der Waals surface area contributed by atoms with Crippen LogP contribution in [-0.2, 0) is 17.0 Å². The van der Waals surface area contributed by atoms with Crippen LogP contribution in [0.2, 0.25) is 0 Å². The van der Waals surface area contributed by atoms with E-state index in [2.05, 4.69) is 15.7 Å². The summed E-state index contributed by atoms with van der Waals surface area (Å²) in [5, 5.41) is 4.63. The molecule has 0 N–H and O–H groups in total. The Bertz CT molecular complexity index is 1150. The molecular formula is C24H22N4OS. The van der Waals surface area contributed by atoms with Crippen molar-refractivity contribution in [2.24, 2.45) is 0 Å². The Balaban J connectivity index is 1.32. The van der Waals surface area contributed by atoms with Crippen molar-refractivity contribution in [3.8, 4) is 11.5 Å². The van der Waals surface area contributed by atoms with Crippen LogP contribution in [-0.4, -0.2) is 32.6 Å². The minimum atomic E-state index is 0.169.